The highest BCUT2D eigenvalue weighted by Gasteiger charge is 2.42. The fraction of sp³-hybridized carbons (Fsp3) is 1.00. The number of likely N-dealkylation sites (N-methyl/N-ethyl adjacent to an activating group) is 1. The van der Waals surface area contributed by atoms with E-state index in [1.165, 1.54) is 25.9 Å². The first kappa shape index (κ1) is 8.52. The second-order valence-electron chi connectivity index (χ2n) is 4.44. The summed E-state index contributed by atoms with van der Waals surface area (Å²) < 4.78 is 0. The predicted octanol–water partition coefficient (Wildman–Crippen LogP) is 1.17. The van der Waals surface area contributed by atoms with Gasteiger partial charge in [-0.05, 0) is 26.8 Å². The van der Waals surface area contributed by atoms with Gasteiger partial charge in [-0.2, -0.15) is 0 Å². The van der Waals surface area contributed by atoms with Crippen molar-refractivity contribution in [2.75, 3.05) is 20.1 Å². The van der Waals surface area contributed by atoms with Crippen LogP contribution in [0.1, 0.15) is 26.7 Å². The summed E-state index contributed by atoms with van der Waals surface area (Å²) in [6.07, 6.45) is 2.72. The van der Waals surface area contributed by atoms with Crippen LogP contribution in [0.2, 0.25) is 0 Å². The van der Waals surface area contributed by atoms with Crippen LogP contribution >= 0.6 is 0 Å². The van der Waals surface area contributed by atoms with Gasteiger partial charge in [0.1, 0.15) is 0 Å². The molecule has 0 aromatic carbocycles. The molecule has 2 heterocycles. The number of rotatable bonds is 2. The van der Waals surface area contributed by atoms with Crippen molar-refractivity contribution in [3.05, 3.63) is 0 Å². The molecule has 2 heteroatoms. The zero-order chi connectivity index (χ0) is 8.72. The summed E-state index contributed by atoms with van der Waals surface area (Å²) in [7, 11) is 2.26. The third kappa shape index (κ3) is 1.17. The number of hydrogen-bond donors (Lipinski definition) is 0. The van der Waals surface area contributed by atoms with Crippen LogP contribution in [0.15, 0.2) is 0 Å². The van der Waals surface area contributed by atoms with E-state index in [0.29, 0.717) is 0 Å². The molecule has 2 nitrogen and oxygen atoms in total. The minimum atomic E-state index is 0.800. The first-order valence-corrected chi connectivity index (χ1v) is 5.18. The maximum absolute atomic E-state index is 2.70. The average Bonchev–Trinajstić information content (AvgIpc) is 2.60. The molecule has 0 aromatic rings. The first-order valence-electron chi connectivity index (χ1n) is 5.18. The van der Waals surface area contributed by atoms with E-state index in [1.54, 1.807) is 0 Å². The summed E-state index contributed by atoms with van der Waals surface area (Å²) in [5.74, 6) is 0. The van der Waals surface area contributed by atoms with Crippen LogP contribution < -0.4 is 0 Å². The number of piperazine rings is 1. The van der Waals surface area contributed by atoms with E-state index in [4.69, 9.17) is 0 Å². The SMILES string of the molecule is CCC(C)N1CC2CC1CN2C. The molecular weight excluding hydrogens is 148 g/mol. The lowest BCUT2D eigenvalue weighted by atomic mass is 10.2. The van der Waals surface area contributed by atoms with Crippen molar-refractivity contribution in [2.45, 2.75) is 44.8 Å². The Labute approximate surface area is 75.5 Å². The van der Waals surface area contributed by atoms with Gasteiger partial charge in [-0.25, -0.2) is 0 Å². The van der Waals surface area contributed by atoms with Crippen LogP contribution in [0.3, 0.4) is 0 Å². The molecule has 2 fully saturated rings. The summed E-state index contributed by atoms with van der Waals surface area (Å²) in [6, 6.07) is 2.53. The van der Waals surface area contributed by atoms with Crippen molar-refractivity contribution in [2.24, 2.45) is 0 Å². The van der Waals surface area contributed by atoms with E-state index in [-0.39, 0.29) is 0 Å². The molecule has 3 unspecified atom stereocenters. The summed E-state index contributed by atoms with van der Waals surface area (Å²) in [5, 5.41) is 0. The normalized spacial score (nSPS) is 39.2. The van der Waals surface area contributed by atoms with E-state index in [2.05, 4.69) is 30.7 Å². The van der Waals surface area contributed by atoms with Crippen LogP contribution in [0.4, 0.5) is 0 Å². The Morgan fingerprint density at radius 2 is 2.08 bits per heavy atom. The van der Waals surface area contributed by atoms with Gasteiger partial charge >= 0.3 is 0 Å². The van der Waals surface area contributed by atoms with Gasteiger partial charge in [0.15, 0.2) is 0 Å². The largest absolute Gasteiger partial charge is 0.301 e. The maximum Gasteiger partial charge on any atom is 0.0242 e. The summed E-state index contributed by atoms with van der Waals surface area (Å²) in [5.41, 5.74) is 0. The monoisotopic (exact) mass is 168 g/mol. The summed E-state index contributed by atoms with van der Waals surface area (Å²) in [4.78, 5) is 5.22. The molecule has 0 amide bonds. The van der Waals surface area contributed by atoms with E-state index < -0.39 is 0 Å². The molecule has 2 aliphatic heterocycles. The van der Waals surface area contributed by atoms with Gasteiger partial charge in [0.25, 0.3) is 0 Å². The summed E-state index contributed by atoms with van der Waals surface area (Å²) >= 11 is 0. The van der Waals surface area contributed by atoms with Gasteiger partial charge < -0.3 is 4.90 Å². The van der Waals surface area contributed by atoms with Crippen molar-refractivity contribution in [1.82, 2.24) is 9.80 Å². The molecule has 0 aliphatic carbocycles. The zero-order valence-electron chi connectivity index (χ0n) is 8.45. The van der Waals surface area contributed by atoms with Gasteiger partial charge in [-0.15, -0.1) is 0 Å². The van der Waals surface area contributed by atoms with Gasteiger partial charge in [0, 0.05) is 31.2 Å². The second kappa shape index (κ2) is 3.00. The Bertz CT molecular complexity index is 167. The van der Waals surface area contributed by atoms with Gasteiger partial charge in [0.2, 0.25) is 0 Å². The Kier molecular flexibility index (Phi) is 2.13. The lowest BCUT2D eigenvalue weighted by Crippen LogP contribution is -2.48. The Morgan fingerprint density at radius 3 is 2.50 bits per heavy atom. The zero-order valence-corrected chi connectivity index (χ0v) is 8.45. The average molecular weight is 168 g/mol. The maximum atomic E-state index is 2.70. The Morgan fingerprint density at radius 1 is 1.33 bits per heavy atom. The molecule has 0 saturated carbocycles. The molecule has 2 saturated heterocycles. The van der Waals surface area contributed by atoms with Crippen molar-refractivity contribution >= 4 is 0 Å². The lowest BCUT2D eigenvalue weighted by molar-refractivity contribution is 0.112. The van der Waals surface area contributed by atoms with Crippen LogP contribution in [-0.2, 0) is 0 Å². The molecule has 0 aromatic heterocycles. The Balaban J connectivity index is 1.98. The third-order valence-corrected chi connectivity index (χ3v) is 3.71. The second-order valence-corrected chi connectivity index (χ2v) is 4.44. The predicted molar refractivity (Wildman–Crippen MR) is 51.3 cm³/mol. The van der Waals surface area contributed by atoms with E-state index >= 15 is 0 Å². The third-order valence-electron chi connectivity index (χ3n) is 3.71. The Hall–Kier alpha value is -0.0800. The first-order chi connectivity index (χ1) is 5.72. The highest BCUT2D eigenvalue weighted by molar-refractivity contribution is 4.99. The molecule has 0 spiro atoms. The van der Waals surface area contributed by atoms with Gasteiger partial charge in [-0.3, -0.25) is 4.90 Å². The highest BCUT2D eigenvalue weighted by atomic mass is 15.3. The molecule has 3 atom stereocenters. The molecule has 0 N–H and O–H groups in total. The quantitative estimate of drug-likeness (QED) is 0.611. The van der Waals surface area contributed by atoms with Crippen LogP contribution in [-0.4, -0.2) is 48.1 Å². The number of hydrogen-bond acceptors (Lipinski definition) is 2. The van der Waals surface area contributed by atoms with Gasteiger partial charge in [-0.1, -0.05) is 6.92 Å². The number of fused-ring (bicyclic) bond motifs is 2. The highest BCUT2D eigenvalue weighted by Crippen LogP contribution is 2.31. The molecular formula is C10H20N2. The van der Waals surface area contributed by atoms with Crippen LogP contribution in [0, 0.1) is 0 Å². The fourth-order valence-electron chi connectivity index (χ4n) is 2.67. The number of nitrogens with zero attached hydrogens (tertiary/aromatic N) is 2. The molecule has 2 bridgehead atoms. The fourth-order valence-corrected chi connectivity index (χ4v) is 2.67. The minimum absolute atomic E-state index is 0.800. The van der Waals surface area contributed by atoms with E-state index in [0.717, 1.165) is 18.1 Å². The topological polar surface area (TPSA) is 6.48 Å². The lowest BCUT2D eigenvalue weighted by Gasteiger charge is -2.35. The molecule has 2 rings (SSSR count). The molecule has 2 aliphatic rings. The standard InChI is InChI=1S/C10H20N2/c1-4-8(2)12-7-9-5-10(12)6-11(9)3/h8-10H,4-7H2,1-3H3. The smallest absolute Gasteiger partial charge is 0.0242 e. The van der Waals surface area contributed by atoms with Crippen molar-refractivity contribution in [3.8, 4) is 0 Å². The van der Waals surface area contributed by atoms with Crippen molar-refractivity contribution < 1.29 is 0 Å². The van der Waals surface area contributed by atoms with Gasteiger partial charge in [0.05, 0.1) is 0 Å². The van der Waals surface area contributed by atoms with Crippen LogP contribution in [0.25, 0.3) is 0 Å². The van der Waals surface area contributed by atoms with E-state index in [9.17, 15) is 0 Å². The van der Waals surface area contributed by atoms with Crippen molar-refractivity contribution in [3.63, 3.8) is 0 Å². The minimum Gasteiger partial charge on any atom is -0.301 e. The molecule has 70 valence electrons. The number of likely N-dealkylation sites (tertiary alicyclic amines) is 2. The molecule has 0 radical (unpaired) electrons. The van der Waals surface area contributed by atoms with E-state index in [1.807, 2.05) is 0 Å². The molecule has 12 heavy (non-hydrogen) atoms. The van der Waals surface area contributed by atoms with Crippen LogP contribution in [0.5, 0.6) is 0 Å². The summed E-state index contributed by atoms with van der Waals surface area (Å²) in [6.45, 7) is 7.27. The van der Waals surface area contributed by atoms with Crippen molar-refractivity contribution in [1.29, 1.82) is 0 Å².